The molecule has 1 heteroatoms. The molecular formula is C13H26Se. The van der Waals surface area contributed by atoms with Gasteiger partial charge in [0.05, 0.1) is 0 Å². The van der Waals surface area contributed by atoms with Crippen LogP contribution in [0.25, 0.3) is 0 Å². The van der Waals surface area contributed by atoms with Gasteiger partial charge in [-0.3, -0.25) is 0 Å². The summed E-state index contributed by atoms with van der Waals surface area (Å²) < 4.78 is 0. The van der Waals surface area contributed by atoms with Crippen molar-refractivity contribution < 1.29 is 0 Å². The zero-order chi connectivity index (χ0) is 10.6. The Kier molecular flexibility index (Phi) is 11.5. The third-order valence-electron chi connectivity index (χ3n) is 2.42. The third-order valence-corrected chi connectivity index (χ3v) is 4.57. The summed E-state index contributed by atoms with van der Waals surface area (Å²) in [5, 5.41) is 1.45. The van der Waals surface area contributed by atoms with Gasteiger partial charge in [0.15, 0.2) is 0 Å². The molecular weight excluding hydrogens is 235 g/mol. The van der Waals surface area contributed by atoms with Crippen LogP contribution in [0.5, 0.6) is 0 Å². The summed E-state index contributed by atoms with van der Waals surface area (Å²) in [5.41, 5.74) is 1.72. The number of hydrogen-bond acceptors (Lipinski definition) is 0. The fourth-order valence-electron chi connectivity index (χ4n) is 1.33. The van der Waals surface area contributed by atoms with Gasteiger partial charge in [-0.05, 0) is 0 Å². The standard InChI is InChI=1S/C13H26Se/c1-4-7-9-10-13(6-3)12-14-11-8-5-2/h12H,4-11H2,1-3H3/b13-12+. The normalized spacial score (nSPS) is 12.1. The molecule has 0 N–H and O–H groups in total. The van der Waals surface area contributed by atoms with Crippen molar-refractivity contribution in [3.05, 3.63) is 10.5 Å². The van der Waals surface area contributed by atoms with Gasteiger partial charge >= 0.3 is 96.5 Å². The molecule has 0 amide bonds. The van der Waals surface area contributed by atoms with Crippen molar-refractivity contribution in [3.8, 4) is 0 Å². The SMILES string of the molecule is CCCCC/C(=C/[Se]CCCC)CC. The van der Waals surface area contributed by atoms with E-state index in [0.29, 0.717) is 0 Å². The van der Waals surface area contributed by atoms with Crippen LogP contribution in [0.15, 0.2) is 10.5 Å². The molecule has 0 spiro atoms. The fourth-order valence-corrected chi connectivity index (χ4v) is 3.62. The van der Waals surface area contributed by atoms with E-state index in [2.05, 4.69) is 25.7 Å². The third kappa shape index (κ3) is 8.84. The molecule has 0 aromatic rings. The molecule has 14 heavy (non-hydrogen) atoms. The van der Waals surface area contributed by atoms with Crippen molar-refractivity contribution in [2.75, 3.05) is 0 Å². The quantitative estimate of drug-likeness (QED) is 0.414. The molecule has 0 unspecified atom stereocenters. The van der Waals surface area contributed by atoms with Crippen molar-refractivity contribution in [2.45, 2.75) is 71.0 Å². The monoisotopic (exact) mass is 262 g/mol. The van der Waals surface area contributed by atoms with Crippen molar-refractivity contribution in [1.29, 1.82) is 0 Å². The average molecular weight is 261 g/mol. The summed E-state index contributed by atoms with van der Waals surface area (Å²) in [6.07, 6.45) is 9.56. The van der Waals surface area contributed by atoms with E-state index < -0.39 is 0 Å². The zero-order valence-electron chi connectivity index (χ0n) is 10.1. The number of rotatable bonds is 9. The van der Waals surface area contributed by atoms with Crippen molar-refractivity contribution >= 4 is 15.0 Å². The first kappa shape index (κ1) is 14.3. The molecule has 0 saturated carbocycles. The van der Waals surface area contributed by atoms with Crippen molar-refractivity contribution in [3.63, 3.8) is 0 Å². The summed E-state index contributed by atoms with van der Waals surface area (Å²) in [5.74, 6) is 0. The molecule has 0 fully saturated rings. The van der Waals surface area contributed by atoms with Gasteiger partial charge in [-0.2, -0.15) is 0 Å². The summed E-state index contributed by atoms with van der Waals surface area (Å²) in [4.78, 5) is 2.55. The molecule has 0 aromatic heterocycles. The van der Waals surface area contributed by atoms with Crippen LogP contribution in [0.3, 0.4) is 0 Å². The van der Waals surface area contributed by atoms with Gasteiger partial charge in [0, 0.05) is 0 Å². The van der Waals surface area contributed by atoms with Gasteiger partial charge in [-0.25, -0.2) is 0 Å². The molecule has 0 atom stereocenters. The molecule has 0 nitrogen and oxygen atoms in total. The fraction of sp³-hybridized carbons (Fsp3) is 0.846. The van der Waals surface area contributed by atoms with Crippen LogP contribution in [0.2, 0.25) is 5.32 Å². The Morgan fingerprint density at radius 3 is 2.29 bits per heavy atom. The summed E-state index contributed by atoms with van der Waals surface area (Å²) >= 11 is 0.785. The molecule has 0 aliphatic heterocycles. The molecule has 0 aromatic carbocycles. The van der Waals surface area contributed by atoms with E-state index in [1.165, 1.54) is 50.3 Å². The van der Waals surface area contributed by atoms with Crippen LogP contribution < -0.4 is 0 Å². The van der Waals surface area contributed by atoms with Gasteiger partial charge in [0.25, 0.3) is 0 Å². The van der Waals surface area contributed by atoms with Crippen LogP contribution in [0.1, 0.15) is 65.7 Å². The van der Waals surface area contributed by atoms with E-state index in [0.717, 1.165) is 15.0 Å². The second-order valence-electron chi connectivity index (χ2n) is 3.81. The summed E-state index contributed by atoms with van der Waals surface area (Å²) in [7, 11) is 0. The molecule has 0 saturated heterocycles. The van der Waals surface area contributed by atoms with Gasteiger partial charge in [0.2, 0.25) is 0 Å². The Balaban J connectivity index is 3.53. The van der Waals surface area contributed by atoms with E-state index in [-0.39, 0.29) is 0 Å². The van der Waals surface area contributed by atoms with Gasteiger partial charge in [-0.15, -0.1) is 0 Å². The van der Waals surface area contributed by atoms with Crippen molar-refractivity contribution in [2.24, 2.45) is 0 Å². The molecule has 0 aliphatic rings. The van der Waals surface area contributed by atoms with E-state index in [1.54, 1.807) is 5.57 Å². The Morgan fingerprint density at radius 1 is 1.00 bits per heavy atom. The first-order valence-electron chi connectivity index (χ1n) is 6.14. The predicted octanol–water partition coefficient (Wildman–Crippen LogP) is 4.78. The van der Waals surface area contributed by atoms with Gasteiger partial charge < -0.3 is 0 Å². The summed E-state index contributed by atoms with van der Waals surface area (Å²) in [6, 6.07) is 0. The first-order chi connectivity index (χ1) is 6.85. The van der Waals surface area contributed by atoms with Crippen LogP contribution in [-0.2, 0) is 0 Å². The molecule has 0 heterocycles. The van der Waals surface area contributed by atoms with Crippen LogP contribution in [0, 0.1) is 0 Å². The molecule has 0 bridgehead atoms. The van der Waals surface area contributed by atoms with E-state index in [1.807, 2.05) is 0 Å². The first-order valence-corrected chi connectivity index (χ1v) is 8.34. The Morgan fingerprint density at radius 2 is 1.71 bits per heavy atom. The molecule has 0 radical (unpaired) electrons. The number of hydrogen-bond donors (Lipinski definition) is 0. The minimum absolute atomic E-state index is 0.785. The Bertz CT molecular complexity index is 138. The van der Waals surface area contributed by atoms with E-state index in [4.69, 9.17) is 0 Å². The Labute approximate surface area is 96.7 Å². The predicted molar refractivity (Wildman–Crippen MR) is 68.0 cm³/mol. The molecule has 0 rings (SSSR count). The Hall–Kier alpha value is 0.259. The minimum atomic E-state index is 0.785. The van der Waals surface area contributed by atoms with E-state index >= 15 is 0 Å². The maximum atomic E-state index is 2.55. The van der Waals surface area contributed by atoms with Crippen LogP contribution in [-0.4, -0.2) is 15.0 Å². The molecule has 0 aliphatic carbocycles. The zero-order valence-corrected chi connectivity index (χ0v) is 11.9. The average Bonchev–Trinajstić information content (AvgIpc) is 2.22. The number of unbranched alkanes of at least 4 members (excludes halogenated alkanes) is 3. The van der Waals surface area contributed by atoms with Crippen LogP contribution in [0.4, 0.5) is 0 Å². The number of allylic oxidation sites excluding steroid dienone is 1. The topological polar surface area (TPSA) is 0 Å². The summed E-state index contributed by atoms with van der Waals surface area (Å²) in [6.45, 7) is 6.86. The van der Waals surface area contributed by atoms with Crippen LogP contribution >= 0.6 is 0 Å². The van der Waals surface area contributed by atoms with Crippen molar-refractivity contribution in [1.82, 2.24) is 0 Å². The second kappa shape index (κ2) is 11.3. The van der Waals surface area contributed by atoms with E-state index in [9.17, 15) is 0 Å². The maximum absolute atomic E-state index is 2.55. The van der Waals surface area contributed by atoms with Gasteiger partial charge in [0.1, 0.15) is 0 Å². The second-order valence-corrected chi connectivity index (χ2v) is 5.86. The molecule has 84 valence electrons. The van der Waals surface area contributed by atoms with Gasteiger partial charge in [-0.1, -0.05) is 0 Å².